The van der Waals surface area contributed by atoms with E-state index in [1.54, 1.807) is 6.92 Å². The second-order valence-corrected chi connectivity index (χ2v) is 9.05. The third-order valence-electron chi connectivity index (χ3n) is 4.20. The number of hydrogen-bond acceptors (Lipinski definition) is 5. The second-order valence-electron chi connectivity index (χ2n) is 6.50. The number of ketones is 1. The van der Waals surface area contributed by atoms with Crippen LogP contribution in [0, 0.1) is 6.92 Å². The molecule has 1 saturated carbocycles. The fraction of sp³-hybridized carbons (Fsp3) is 0.263. The second kappa shape index (κ2) is 8.21. The number of sulfonamides is 1. The molecule has 1 fully saturated rings. The third kappa shape index (κ3) is 4.91. The summed E-state index contributed by atoms with van der Waals surface area (Å²) >= 11 is 11.8. The maximum atomic E-state index is 12.4. The van der Waals surface area contributed by atoms with Gasteiger partial charge in [-0.25, -0.2) is 17.9 Å². The van der Waals surface area contributed by atoms with E-state index in [0.717, 1.165) is 12.8 Å². The van der Waals surface area contributed by atoms with Gasteiger partial charge in [0.2, 0.25) is 15.8 Å². The zero-order valence-corrected chi connectivity index (χ0v) is 17.2. The number of esters is 1. The van der Waals surface area contributed by atoms with Crippen molar-refractivity contribution in [2.24, 2.45) is 0 Å². The maximum absolute atomic E-state index is 12.4. The molecule has 0 heterocycles. The molecule has 0 spiro atoms. The van der Waals surface area contributed by atoms with Gasteiger partial charge in [-0.3, -0.25) is 4.79 Å². The Balaban J connectivity index is 1.73. The summed E-state index contributed by atoms with van der Waals surface area (Å²) in [5.41, 5.74) is 0.793. The minimum absolute atomic E-state index is 0.0241. The van der Waals surface area contributed by atoms with Gasteiger partial charge >= 0.3 is 5.97 Å². The van der Waals surface area contributed by atoms with Crippen LogP contribution in [0.25, 0.3) is 0 Å². The average Bonchev–Trinajstić information content (AvgIpc) is 3.42. The normalized spacial score (nSPS) is 14.0. The van der Waals surface area contributed by atoms with Crippen LogP contribution in [0.3, 0.4) is 0 Å². The van der Waals surface area contributed by atoms with Gasteiger partial charge in [-0.2, -0.15) is 0 Å². The number of carbonyl (C=O) groups is 2. The molecule has 148 valence electrons. The van der Waals surface area contributed by atoms with Crippen LogP contribution in [0.2, 0.25) is 10.0 Å². The van der Waals surface area contributed by atoms with E-state index in [9.17, 15) is 18.0 Å². The Morgan fingerprint density at radius 1 is 1.11 bits per heavy atom. The number of Topliss-reactive ketones (excluding diaryl/α,β-unsaturated/α-hetero) is 1. The zero-order chi connectivity index (χ0) is 20.5. The molecule has 0 bridgehead atoms. The predicted molar refractivity (Wildman–Crippen MR) is 106 cm³/mol. The standard InChI is InChI=1S/C19H17Cl2NO5S/c1-11-2-6-14(28(25,26)22-13-4-5-13)9-16(11)19(24)27-10-18(23)15-7-3-12(20)8-17(15)21/h2-3,6-9,13,22H,4-5,10H2,1H3. The molecule has 2 aromatic carbocycles. The summed E-state index contributed by atoms with van der Waals surface area (Å²) in [5.74, 6) is -1.29. The van der Waals surface area contributed by atoms with Gasteiger partial charge in [0.15, 0.2) is 6.61 Å². The summed E-state index contributed by atoms with van der Waals surface area (Å²) in [7, 11) is -3.71. The molecule has 2 aromatic rings. The molecule has 0 saturated heterocycles. The number of carbonyl (C=O) groups excluding carboxylic acids is 2. The van der Waals surface area contributed by atoms with Crippen LogP contribution in [0.15, 0.2) is 41.3 Å². The first kappa shape index (κ1) is 20.8. The van der Waals surface area contributed by atoms with Crippen LogP contribution in [-0.4, -0.2) is 32.8 Å². The van der Waals surface area contributed by atoms with E-state index >= 15 is 0 Å². The van der Waals surface area contributed by atoms with Crippen molar-refractivity contribution >= 4 is 45.0 Å². The van der Waals surface area contributed by atoms with Gasteiger partial charge in [0.25, 0.3) is 0 Å². The number of benzene rings is 2. The number of hydrogen-bond donors (Lipinski definition) is 1. The largest absolute Gasteiger partial charge is 0.454 e. The highest BCUT2D eigenvalue weighted by Crippen LogP contribution is 2.24. The molecule has 0 atom stereocenters. The van der Waals surface area contributed by atoms with E-state index in [1.165, 1.54) is 36.4 Å². The highest BCUT2D eigenvalue weighted by molar-refractivity contribution is 7.89. The molecule has 1 N–H and O–H groups in total. The van der Waals surface area contributed by atoms with E-state index in [-0.39, 0.29) is 27.1 Å². The van der Waals surface area contributed by atoms with Crippen LogP contribution >= 0.6 is 23.2 Å². The van der Waals surface area contributed by atoms with Crippen LogP contribution in [-0.2, 0) is 14.8 Å². The minimum atomic E-state index is -3.71. The van der Waals surface area contributed by atoms with E-state index in [1.807, 2.05) is 0 Å². The lowest BCUT2D eigenvalue weighted by Crippen LogP contribution is -2.26. The number of halogens is 2. The molecule has 28 heavy (non-hydrogen) atoms. The summed E-state index contributed by atoms with van der Waals surface area (Å²) in [6, 6.07) is 8.52. The van der Waals surface area contributed by atoms with Crippen molar-refractivity contribution in [3.63, 3.8) is 0 Å². The zero-order valence-electron chi connectivity index (χ0n) is 14.9. The van der Waals surface area contributed by atoms with Gasteiger partial charge < -0.3 is 4.74 Å². The van der Waals surface area contributed by atoms with Crippen molar-refractivity contribution in [3.05, 3.63) is 63.1 Å². The Labute approximate surface area is 172 Å². The Morgan fingerprint density at radius 2 is 1.82 bits per heavy atom. The quantitative estimate of drug-likeness (QED) is 0.521. The fourth-order valence-corrected chi connectivity index (χ4v) is 4.32. The topological polar surface area (TPSA) is 89.5 Å². The molecule has 3 rings (SSSR count). The number of ether oxygens (including phenoxy) is 1. The maximum Gasteiger partial charge on any atom is 0.338 e. The van der Waals surface area contributed by atoms with Crippen LogP contribution in [0.5, 0.6) is 0 Å². The molecule has 9 heteroatoms. The van der Waals surface area contributed by atoms with Gasteiger partial charge in [-0.1, -0.05) is 29.3 Å². The molecule has 6 nitrogen and oxygen atoms in total. The highest BCUT2D eigenvalue weighted by Gasteiger charge is 2.28. The molecular weight excluding hydrogens is 425 g/mol. The van der Waals surface area contributed by atoms with Gasteiger partial charge in [-0.05, 0) is 55.7 Å². The SMILES string of the molecule is Cc1ccc(S(=O)(=O)NC2CC2)cc1C(=O)OCC(=O)c1ccc(Cl)cc1Cl. The van der Waals surface area contributed by atoms with E-state index in [4.69, 9.17) is 27.9 Å². The summed E-state index contributed by atoms with van der Waals surface area (Å²) in [6.45, 7) is 1.12. The summed E-state index contributed by atoms with van der Waals surface area (Å²) in [5, 5.41) is 0.538. The Kier molecular flexibility index (Phi) is 6.09. The first-order valence-electron chi connectivity index (χ1n) is 8.46. The lowest BCUT2D eigenvalue weighted by molar-refractivity contribution is 0.0473. The molecule has 0 amide bonds. The van der Waals surface area contributed by atoms with Crippen LogP contribution < -0.4 is 4.72 Å². The van der Waals surface area contributed by atoms with E-state index in [0.29, 0.717) is 10.6 Å². The van der Waals surface area contributed by atoms with Crippen molar-refractivity contribution in [1.29, 1.82) is 0 Å². The van der Waals surface area contributed by atoms with Gasteiger partial charge in [0, 0.05) is 16.6 Å². The molecule has 0 aromatic heterocycles. The van der Waals surface area contributed by atoms with Gasteiger partial charge in [-0.15, -0.1) is 0 Å². The monoisotopic (exact) mass is 441 g/mol. The lowest BCUT2D eigenvalue weighted by Gasteiger charge is -2.10. The highest BCUT2D eigenvalue weighted by atomic mass is 35.5. The molecule has 0 aliphatic heterocycles. The van der Waals surface area contributed by atoms with Crippen molar-refractivity contribution in [2.45, 2.75) is 30.7 Å². The Hall–Kier alpha value is -1.93. The van der Waals surface area contributed by atoms with Crippen molar-refractivity contribution in [3.8, 4) is 0 Å². The third-order valence-corrected chi connectivity index (χ3v) is 6.27. The number of aryl methyl sites for hydroxylation is 1. The fourth-order valence-electron chi connectivity index (χ4n) is 2.48. The van der Waals surface area contributed by atoms with Crippen molar-refractivity contribution in [2.75, 3.05) is 6.61 Å². The van der Waals surface area contributed by atoms with Crippen LogP contribution in [0.1, 0.15) is 39.1 Å². The molecule has 0 unspecified atom stereocenters. The van der Waals surface area contributed by atoms with Crippen LogP contribution in [0.4, 0.5) is 0 Å². The first-order valence-corrected chi connectivity index (χ1v) is 10.7. The molecule has 1 aliphatic rings. The van der Waals surface area contributed by atoms with E-state index in [2.05, 4.69) is 4.72 Å². The molecule has 1 aliphatic carbocycles. The Bertz CT molecular complexity index is 1050. The first-order chi connectivity index (χ1) is 13.2. The van der Waals surface area contributed by atoms with Gasteiger partial charge in [0.05, 0.1) is 15.5 Å². The number of rotatable bonds is 7. The molecule has 0 radical (unpaired) electrons. The summed E-state index contributed by atoms with van der Waals surface area (Å²) in [4.78, 5) is 24.6. The molecular formula is C19H17Cl2NO5S. The minimum Gasteiger partial charge on any atom is -0.454 e. The predicted octanol–water partition coefficient (Wildman–Crippen LogP) is 3.78. The lowest BCUT2D eigenvalue weighted by atomic mass is 10.1. The van der Waals surface area contributed by atoms with Crippen molar-refractivity contribution in [1.82, 2.24) is 4.72 Å². The summed E-state index contributed by atoms with van der Waals surface area (Å²) < 4.78 is 32.3. The van der Waals surface area contributed by atoms with Gasteiger partial charge in [0.1, 0.15) is 0 Å². The van der Waals surface area contributed by atoms with E-state index < -0.39 is 28.4 Å². The van der Waals surface area contributed by atoms with Crippen molar-refractivity contribution < 1.29 is 22.7 Å². The number of nitrogens with one attached hydrogen (secondary N) is 1. The Morgan fingerprint density at radius 3 is 2.46 bits per heavy atom. The summed E-state index contributed by atoms with van der Waals surface area (Å²) in [6.07, 6.45) is 1.60. The smallest absolute Gasteiger partial charge is 0.338 e. The average molecular weight is 442 g/mol.